The van der Waals surface area contributed by atoms with Crippen LogP contribution in [-0.2, 0) is 21.0 Å². The summed E-state index contributed by atoms with van der Waals surface area (Å²) in [5, 5.41) is 2.71. The molecule has 0 unspecified atom stereocenters. The monoisotopic (exact) mass is 572 g/mol. The van der Waals surface area contributed by atoms with E-state index in [9.17, 15) is 26.4 Å². The Balaban J connectivity index is 2.11. The van der Waals surface area contributed by atoms with Gasteiger partial charge in [-0.05, 0) is 42.8 Å². The molecular formula is C25H24ClF3N2O6S. The second kappa shape index (κ2) is 11.4. The maximum Gasteiger partial charge on any atom is 0.416 e. The summed E-state index contributed by atoms with van der Waals surface area (Å²) in [4.78, 5) is 12.8. The highest BCUT2D eigenvalue weighted by Gasteiger charge is 2.34. The van der Waals surface area contributed by atoms with Crippen molar-refractivity contribution < 1.29 is 40.6 Å². The number of carbonyl (C=O) groups is 1. The van der Waals surface area contributed by atoms with Crippen LogP contribution in [0.4, 0.5) is 24.5 Å². The van der Waals surface area contributed by atoms with E-state index in [-0.39, 0.29) is 38.5 Å². The molecule has 3 aromatic rings. The lowest BCUT2D eigenvalue weighted by molar-refractivity contribution is -0.137. The van der Waals surface area contributed by atoms with Gasteiger partial charge < -0.3 is 19.5 Å². The van der Waals surface area contributed by atoms with Gasteiger partial charge in [0, 0.05) is 12.1 Å². The van der Waals surface area contributed by atoms with Crippen LogP contribution in [0.1, 0.15) is 11.1 Å². The number of sulfonamides is 1. The molecule has 0 aliphatic heterocycles. The normalized spacial score (nSPS) is 11.6. The molecule has 0 heterocycles. The molecule has 0 spiro atoms. The fraction of sp³-hybridized carbons (Fsp3) is 0.240. The standard InChI is InChI=1S/C25H24ClF3N2O6S/c1-15-8-9-20(35-2)23(10-15)38(33,34)31(17-7-5-6-16(11-17)25(27,28)29)14-24(32)30-19-13-21(36-3)18(26)12-22(19)37-4/h5-13H,14H2,1-4H3,(H,30,32). The highest BCUT2D eigenvalue weighted by atomic mass is 35.5. The van der Waals surface area contributed by atoms with E-state index in [4.69, 9.17) is 25.8 Å². The predicted octanol–water partition coefficient (Wildman–Crippen LogP) is 5.53. The molecule has 13 heteroatoms. The maximum atomic E-state index is 13.8. The molecule has 0 bridgehead atoms. The van der Waals surface area contributed by atoms with Gasteiger partial charge in [0.2, 0.25) is 5.91 Å². The van der Waals surface area contributed by atoms with Gasteiger partial charge in [-0.2, -0.15) is 13.2 Å². The molecule has 0 aromatic heterocycles. The van der Waals surface area contributed by atoms with Crippen LogP contribution in [0.15, 0.2) is 59.5 Å². The van der Waals surface area contributed by atoms with Crippen molar-refractivity contribution in [3.8, 4) is 17.2 Å². The summed E-state index contributed by atoms with van der Waals surface area (Å²) in [6.07, 6.45) is -4.75. The minimum absolute atomic E-state index is 0.0444. The van der Waals surface area contributed by atoms with Crippen molar-refractivity contribution in [2.24, 2.45) is 0 Å². The Morgan fingerprint density at radius 2 is 1.61 bits per heavy atom. The number of alkyl halides is 3. The predicted molar refractivity (Wildman–Crippen MR) is 137 cm³/mol. The van der Waals surface area contributed by atoms with Gasteiger partial charge in [0.1, 0.15) is 28.7 Å². The number of benzene rings is 3. The highest BCUT2D eigenvalue weighted by molar-refractivity contribution is 7.93. The summed E-state index contributed by atoms with van der Waals surface area (Å²) in [6, 6.07) is 10.7. The number of nitrogens with zero attached hydrogens (tertiary/aromatic N) is 1. The van der Waals surface area contributed by atoms with Gasteiger partial charge in [-0.3, -0.25) is 9.10 Å². The maximum absolute atomic E-state index is 13.8. The number of hydrogen-bond donors (Lipinski definition) is 1. The van der Waals surface area contributed by atoms with Crippen molar-refractivity contribution in [1.82, 2.24) is 0 Å². The molecule has 0 radical (unpaired) electrons. The van der Waals surface area contributed by atoms with Gasteiger partial charge in [-0.1, -0.05) is 23.7 Å². The van der Waals surface area contributed by atoms with E-state index in [0.29, 0.717) is 15.9 Å². The smallest absolute Gasteiger partial charge is 0.416 e. The first kappa shape index (κ1) is 28.9. The number of rotatable bonds is 9. The molecule has 0 atom stereocenters. The summed E-state index contributed by atoms with van der Waals surface area (Å²) in [6.45, 7) is 0.759. The van der Waals surface area contributed by atoms with Gasteiger partial charge in [0.05, 0.1) is 43.3 Å². The molecule has 0 aliphatic carbocycles. The van der Waals surface area contributed by atoms with Crippen molar-refractivity contribution in [3.05, 3.63) is 70.7 Å². The fourth-order valence-corrected chi connectivity index (χ4v) is 5.42. The van der Waals surface area contributed by atoms with Gasteiger partial charge >= 0.3 is 6.18 Å². The van der Waals surface area contributed by atoms with E-state index in [1.807, 2.05) is 0 Å². The van der Waals surface area contributed by atoms with Crippen LogP contribution < -0.4 is 23.8 Å². The average molecular weight is 573 g/mol. The van der Waals surface area contributed by atoms with E-state index in [0.717, 1.165) is 18.2 Å². The van der Waals surface area contributed by atoms with Crippen LogP contribution in [0.5, 0.6) is 17.2 Å². The number of halogens is 4. The highest BCUT2D eigenvalue weighted by Crippen LogP contribution is 2.37. The SMILES string of the molecule is COc1cc(NC(=O)CN(c2cccc(C(F)(F)F)c2)S(=O)(=O)c2cc(C)ccc2OC)c(OC)cc1Cl. The molecule has 1 amide bonds. The van der Waals surface area contributed by atoms with Crippen molar-refractivity contribution in [3.63, 3.8) is 0 Å². The Hall–Kier alpha value is -3.64. The van der Waals surface area contributed by atoms with Crippen LogP contribution >= 0.6 is 11.6 Å². The van der Waals surface area contributed by atoms with Crippen molar-refractivity contribution in [2.75, 3.05) is 37.5 Å². The Kier molecular flexibility index (Phi) is 8.68. The van der Waals surface area contributed by atoms with Crippen molar-refractivity contribution in [1.29, 1.82) is 0 Å². The Bertz CT molecular complexity index is 1450. The Labute approximate surface area is 222 Å². The molecule has 204 valence electrons. The number of methoxy groups -OCH3 is 3. The zero-order chi connectivity index (χ0) is 28.3. The first-order chi connectivity index (χ1) is 17.8. The minimum atomic E-state index is -4.75. The molecular weight excluding hydrogens is 549 g/mol. The average Bonchev–Trinajstić information content (AvgIpc) is 2.87. The number of hydrogen-bond acceptors (Lipinski definition) is 6. The summed E-state index contributed by atoms with van der Waals surface area (Å²) in [7, 11) is -0.658. The molecule has 1 N–H and O–H groups in total. The lowest BCUT2D eigenvalue weighted by atomic mass is 10.2. The van der Waals surface area contributed by atoms with Crippen LogP contribution in [0.3, 0.4) is 0 Å². The molecule has 0 fully saturated rings. The lowest BCUT2D eigenvalue weighted by Gasteiger charge is -2.26. The van der Waals surface area contributed by atoms with Crippen molar-refractivity contribution in [2.45, 2.75) is 18.0 Å². The number of carbonyl (C=O) groups excluding carboxylic acids is 1. The van der Waals surface area contributed by atoms with Gasteiger partial charge in [0.15, 0.2) is 0 Å². The molecule has 3 rings (SSSR count). The van der Waals surface area contributed by atoms with Crippen LogP contribution in [0.2, 0.25) is 5.02 Å². The molecule has 0 saturated carbocycles. The summed E-state index contributed by atoms with van der Waals surface area (Å²) in [5.74, 6) is -0.565. The zero-order valence-corrected chi connectivity index (χ0v) is 22.3. The quantitative estimate of drug-likeness (QED) is 0.362. The Morgan fingerprint density at radius 3 is 2.21 bits per heavy atom. The number of ether oxygens (including phenoxy) is 3. The molecule has 38 heavy (non-hydrogen) atoms. The summed E-state index contributed by atoms with van der Waals surface area (Å²) < 4.78 is 84.1. The van der Waals surface area contributed by atoms with E-state index in [2.05, 4.69) is 5.32 Å². The Morgan fingerprint density at radius 1 is 0.947 bits per heavy atom. The summed E-state index contributed by atoms with van der Waals surface area (Å²) >= 11 is 6.09. The van der Waals surface area contributed by atoms with Crippen LogP contribution in [0, 0.1) is 6.92 Å². The third kappa shape index (κ3) is 6.25. The number of nitrogens with one attached hydrogen (secondary N) is 1. The molecule has 0 saturated heterocycles. The largest absolute Gasteiger partial charge is 0.495 e. The minimum Gasteiger partial charge on any atom is -0.495 e. The van der Waals surface area contributed by atoms with E-state index in [1.54, 1.807) is 13.0 Å². The topological polar surface area (TPSA) is 94.2 Å². The van der Waals surface area contributed by atoms with Gasteiger partial charge in [0.25, 0.3) is 10.0 Å². The van der Waals surface area contributed by atoms with E-state index in [1.165, 1.54) is 45.6 Å². The van der Waals surface area contributed by atoms with Gasteiger partial charge in [-0.25, -0.2) is 8.42 Å². The zero-order valence-electron chi connectivity index (χ0n) is 20.7. The van der Waals surface area contributed by atoms with E-state index < -0.39 is 34.2 Å². The van der Waals surface area contributed by atoms with Gasteiger partial charge in [-0.15, -0.1) is 0 Å². The molecule has 8 nitrogen and oxygen atoms in total. The third-order valence-electron chi connectivity index (χ3n) is 5.38. The third-order valence-corrected chi connectivity index (χ3v) is 7.47. The van der Waals surface area contributed by atoms with Crippen LogP contribution in [0.25, 0.3) is 0 Å². The molecule has 3 aromatic carbocycles. The second-order valence-electron chi connectivity index (χ2n) is 7.95. The lowest BCUT2D eigenvalue weighted by Crippen LogP contribution is -2.38. The second-order valence-corrected chi connectivity index (χ2v) is 10.2. The fourth-order valence-electron chi connectivity index (χ4n) is 3.53. The summed E-state index contributed by atoms with van der Waals surface area (Å²) in [5.41, 5.74) is -0.806. The first-order valence-corrected chi connectivity index (χ1v) is 12.7. The molecule has 0 aliphatic rings. The number of amides is 1. The van der Waals surface area contributed by atoms with Crippen LogP contribution in [-0.4, -0.2) is 42.2 Å². The van der Waals surface area contributed by atoms with Crippen molar-refractivity contribution >= 4 is 38.9 Å². The van der Waals surface area contributed by atoms with E-state index >= 15 is 0 Å². The first-order valence-electron chi connectivity index (χ1n) is 10.9. The number of aryl methyl sites for hydroxylation is 1. The number of anilines is 2.